The number of nitrogens with zero attached hydrogens (tertiary/aromatic N) is 2. The number of hydrogen-bond donors (Lipinski definition) is 0. The Kier molecular flexibility index (Phi) is 5.19. The van der Waals surface area contributed by atoms with Crippen LogP contribution < -0.4 is 4.81 Å². The molecule has 0 spiro atoms. The topological polar surface area (TPSA) is 6.48 Å². The molecule has 1 unspecified atom stereocenters. The monoisotopic (exact) mass is 303 g/mol. The van der Waals surface area contributed by atoms with Gasteiger partial charge in [0.25, 0.3) is 0 Å². The van der Waals surface area contributed by atoms with E-state index in [2.05, 4.69) is 97.8 Å². The molecule has 1 atom stereocenters. The molecule has 2 aromatic rings. The van der Waals surface area contributed by atoms with Crippen molar-refractivity contribution in [2.24, 2.45) is 0 Å². The van der Waals surface area contributed by atoms with Crippen molar-refractivity contribution in [3.05, 3.63) is 66.8 Å². The van der Waals surface area contributed by atoms with E-state index in [0.29, 0.717) is 6.04 Å². The molecule has 0 aromatic heterocycles. The molecule has 3 heteroatoms. The first kappa shape index (κ1) is 15.9. The molecular weight excluding hydrogens is 279 g/mol. The maximum Gasteiger partial charge on any atom is 0.352 e. The van der Waals surface area contributed by atoms with Crippen LogP contribution in [0.25, 0.3) is 10.8 Å². The van der Waals surface area contributed by atoms with Crippen LogP contribution in [0.3, 0.4) is 0 Å². The van der Waals surface area contributed by atoms with E-state index >= 15 is 0 Å². The zero-order valence-electron chi connectivity index (χ0n) is 14.0. The summed E-state index contributed by atoms with van der Waals surface area (Å²) in [5.74, 6) is 0. The second-order valence-corrected chi connectivity index (χ2v) is 5.86. The van der Waals surface area contributed by atoms with Crippen molar-refractivity contribution < 1.29 is 0 Å². The lowest BCUT2D eigenvalue weighted by atomic mass is 9.93. The first-order chi connectivity index (χ1) is 11.3. The van der Waals surface area contributed by atoms with Gasteiger partial charge in [-0.05, 0) is 31.0 Å². The highest BCUT2D eigenvalue weighted by molar-refractivity contribution is 6.39. The number of benzene rings is 2. The maximum atomic E-state index is 2.43. The van der Waals surface area contributed by atoms with Crippen molar-refractivity contribution in [2.75, 3.05) is 17.9 Å². The summed E-state index contributed by atoms with van der Waals surface area (Å²) in [6.07, 6.45) is 9.87. The van der Waals surface area contributed by atoms with Crippen LogP contribution in [0.1, 0.15) is 20.3 Å². The predicted octanol–water partition coefficient (Wildman–Crippen LogP) is 4.41. The van der Waals surface area contributed by atoms with E-state index in [-0.39, 0.29) is 0 Å². The van der Waals surface area contributed by atoms with Gasteiger partial charge in [0.05, 0.1) is 0 Å². The fourth-order valence-electron chi connectivity index (χ4n) is 3.10. The SMILES string of the molecule is CCN([B]N(c1cccc2ccccc12)C1C=CC=CC1)CC. The van der Waals surface area contributed by atoms with Gasteiger partial charge in [0, 0.05) is 17.1 Å². The van der Waals surface area contributed by atoms with Crippen LogP contribution in [0.4, 0.5) is 5.69 Å². The Balaban J connectivity index is 2.02. The third kappa shape index (κ3) is 3.51. The number of fused-ring (bicyclic) bond motifs is 1. The molecule has 0 bridgehead atoms. The number of hydrogen-bond acceptors (Lipinski definition) is 2. The highest BCUT2D eigenvalue weighted by Gasteiger charge is 2.22. The largest absolute Gasteiger partial charge is 0.397 e. The van der Waals surface area contributed by atoms with Crippen molar-refractivity contribution in [1.82, 2.24) is 4.81 Å². The fraction of sp³-hybridized carbons (Fsp3) is 0.300. The molecule has 0 heterocycles. The van der Waals surface area contributed by atoms with Crippen LogP contribution in [0, 0.1) is 0 Å². The molecule has 2 nitrogen and oxygen atoms in total. The molecule has 0 N–H and O–H groups in total. The van der Waals surface area contributed by atoms with Crippen LogP contribution in [0.5, 0.6) is 0 Å². The van der Waals surface area contributed by atoms with Gasteiger partial charge in [-0.25, -0.2) is 0 Å². The molecule has 1 radical (unpaired) electrons. The van der Waals surface area contributed by atoms with Gasteiger partial charge in [0.15, 0.2) is 0 Å². The van der Waals surface area contributed by atoms with Crippen molar-refractivity contribution in [3.63, 3.8) is 0 Å². The molecule has 0 amide bonds. The van der Waals surface area contributed by atoms with Crippen LogP contribution in [0.15, 0.2) is 66.8 Å². The lowest BCUT2D eigenvalue weighted by Crippen LogP contribution is -2.46. The van der Waals surface area contributed by atoms with Gasteiger partial charge < -0.3 is 9.62 Å². The van der Waals surface area contributed by atoms with Gasteiger partial charge in [-0.3, -0.25) is 0 Å². The number of rotatable bonds is 6. The van der Waals surface area contributed by atoms with Crippen molar-refractivity contribution in [1.29, 1.82) is 0 Å². The number of allylic oxidation sites excluding steroid dienone is 2. The summed E-state index contributed by atoms with van der Waals surface area (Å²) in [5, 5.41) is 2.60. The van der Waals surface area contributed by atoms with Gasteiger partial charge in [0.1, 0.15) is 0 Å². The summed E-state index contributed by atoms with van der Waals surface area (Å²) in [6.45, 7) is 6.45. The standard InChI is InChI=1S/C20H24BN2/c1-3-22(4-2)21-23(18-13-6-5-7-14-18)20-16-10-12-17-11-8-9-15-19(17)20/h5-13,15-16,18H,3-4,14H2,1-2H3. The van der Waals surface area contributed by atoms with E-state index in [1.165, 1.54) is 16.5 Å². The zero-order valence-corrected chi connectivity index (χ0v) is 14.0. The van der Waals surface area contributed by atoms with E-state index in [4.69, 9.17) is 0 Å². The molecule has 2 aromatic carbocycles. The van der Waals surface area contributed by atoms with Crippen molar-refractivity contribution >= 4 is 24.0 Å². The summed E-state index contributed by atoms with van der Waals surface area (Å²) in [4.78, 5) is 4.78. The van der Waals surface area contributed by atoms with E-state index in [0.717, 1.165) is 19.5 Å². The molecule has 0 fully saturated rings. The van der Waals surface area contributed by atoms with Gasteiger partial charge >= 0.3 is 7.55 Å². The predicted molar refractivity (Wildman–Crippen MR) is 102 cm³/mol. The molecule has 1 aliphatic carbocycles. The molecule has 23 heavy (non-hydrogen) atoms. The number of anilines is 1. The first-order valence-corrected chi connectivity index (χ1v) is 8.52. The van der Waals surface area contributed by atoms with E-state index in [9.17, 15) is 0 Å². The molecule has 3 rings (SSSR count). The summed E-state index contributed by atoms with van der Waals surface area (Å²) in [5.41, 5.74) is 1.28. The normalized spacial score (nSPS) is 16.9. The Morgan fingerprint density at radius 3 is 2.52 bits per heavy atom. The highest BCUT2D eigenvalue weighted by atomic mass is 15.2. The van der Waals surface area contributed by atoms with E-state index in [1.54, 1.807) is 0 Å². The van der Waals surface area contributed by atoms with Gasteiger partial charge in [-0.15, -0.1) is 0 Å². The molecule has 0 saturated heterocycles. The minimum absolute atomic E-state index is 0.367. The molecule has 1 aliphatic rings. The Bertz CT molecular complexity index is 698. The Morgan fingerprint density at radius 2 is 1.78 bits per heavy atom. The van der Waals surface area contributed by atoms with E-state index < -0.39 is 0 Å². The second-order valence-electron chi connectivity index (χ2n) is 5.86. The molecule has 0 aliphatic heterocycles. The minimum atomic E-state index is 0.367. The zero-order chi connectivity index (χ0) is 16.1. The maximum absolute atomic E-state index is 2.43. The van der Waals surface area contributed by atoms with Crippen molar-refractivity contribution in [2.45, 2.75) is 26.3 Å². The first-order valence-electron chi connectivity index (χ1n) is 8.52. The average molecular weight is 303 g/mol. The Hall–Kier alpha value is -2.00. The second kappa shape index (κ2) is 7.52. The lowest BCUT2D eigenvalue weighted by molar-refractivity contribution is 0.487. The van der Waals surface area contributed by atoms with Crippen LogP contribution in [-0.2, 0) is 0 Å². The summed E-state index contributed by atoms with van der Waals surface area (Å²) < 4.78 is 0. The Morgan fingerprint density at radius 1 is 1.00 bits per heavy atom. The van der Waals surface area contributed by atoms with E-state index in [1.807, 2.05) is 0 Å². The lowest BCUT2D eigenvalue weighted by Gasteiger charge is -2.36. The highest BCUT2D eigenvalue weighted by Crippen LogP contribution is 2.29. The van der Waals surface area contributed by atoms with Crippen molar-refractivity contribution in [3.8, 4) is 0 Å². The average Bonchev–Trinajstić information content (AvgIpc) is 2.63. The van der Waals surface area contributed by atoms with Gasteiger partial charge in [-0.2, -0.15) is 0 Å². The third-order valence-electron chi connectivity index (χ3n) is 4.46. The van der Waals surface area contributed by atoms with Crippen LogP contribution in [0.2, 0.25) is 0 Å². The molecular formula is C20H24BN2. The smallest absolute Gasteiger partial charge is 0.352 e. The van der Waals surface area contributed by atoms with Crippen LogP contribution >= 0.6 is 0 Å². The Labute approximate surface area is 140 Å². The quantitative estimate of drug-likeness (QED) is 0.729. The summed E-state index contributed by atoms with van der Waals surface area (Å²) >= 11 is 0. The van der Waals surface area contributed by atoms with Crippen LogP contribution in [-0.4, -0.2) is 31.5 Å². The fourth-order valence-corrected chi connectivity index (χ4v) is 3.10. The minimum Gasteiger partial charge on any atom is -0.397 e. The summed E-state index contributed by atoms with van der Waals surface area (Å²) in [6, 6.07) is 15.6. The molecule has 0 saturated carbocycles. The van der Waals surface area contributed by atoms with Gasteiger partial charge in [0.2, 0.25) is 0 Å². The third-order valence-corrected chi connectivity index (χ3v) is 4.46. The molecule has 117 valence electrons. The summed E-state index contributed by atoms with van der Waals surface area (Å²) in [7, 11) is 2.29. The van der Waals surface area contributed by atoms with Gasteiger partial charge in [-0.1, -0.05) is 74.5 Å².